The lowest BCUT2D eigenvalue weighted by atomic mass is 10.3. The maximum atomic E-state index is 12.6. The number of rotatable bonds is 4. The van der Waals surface area contributed by atoms with Gasteiger partial charge in [0.25, 0.3) is 11.8 Å². The molecular weight excluding hydrogens is 338 g/mol. The van der Waals surface area contributed by atoms with E-state index in [9.17, 15) is 4.79 Å². The van der Waals surface area contributed by atoms with E-state index in [0.29, 0.717) is 31.0 Å². The Morgan fingerprint density at radius 1 is 1.35 bits per heavy atom. The molecular formula is C17H13N5O4. The van der Waals surface area contributed by atoms with Gasteiger partial charge < -0.3 is 18.6 Å². The number of likely N-dealkylation sites (tertiary alicyclic amines) is 1. The fourth-order valence-corrected chi connectivity index (χ4v) is 2.73. The van der Waals surface area contributed by atoms with Gasteiger partial charge in [-0.1, -0.05) is 5.16 Å². The van der Waals surface area contributed by atoms with Crippen LogP contribution in [0.25, 0.3) is 11.5 Å². The zero-order valence-electron chi connectivity index (χ0n) is 13.5. The minimum Gasteiger partial charge on any atom is -0.470 e. The standard InChI is InChI=1S/C17H13N5O4/c18-9-13-16(20-5-4-19-13)25-11-3-6-22(10-11)17(23)12-8-15(26-21-12)14-2-1-7-24-14/h1-2,4-5,7-8,11H,3,6,10H2. The summed E-state index contributed by atoms with van der Waals surface area (Å²) in [4.78, 5) is 22.1. The molecule has 9 nitrogen and oxygen atoms in total. The normalized spacial score (nSPS) is 16.4. The molecule has 0 saturated carbocycles. The molecule has 1 fully saturated rings. The molecule has 3 aromatic heterocycles. The number of carbonyl (C=O) groups is 1. The molecule has 9 heteroatoms. The summed E-state index contributed by atoms with van der Waals surface area (Å²) < 4.78 is 16.1. The fraction of sp³-hybridized carbons (Fsp3) is 0.235. The van der Waals surface area contributed by atoms with Gasteiger partial charge in [-0.2, -0.15) is 5.26 Å². The van der Waals surface area contributed by atoms with Crippen LogP contribution in [0, 0.1) is 11.3 Å². The number of ether oxygens (including phenoxy) is 1. The Morgan fingerprint density at radius 2 is 2.23 bits per heavy atom. The van der Waals surface area contributed by atoms with E-state index in [1.54, 1.807) is 23.1 Å². The first-order chi connectivity index (χ1) is 12.7. The van der Waals surface area contributed by atoms with Gasteiger partial charge in [-0.05, 0) is 12.1 Å². The first kappa shape index (κ1) is 15.8. The number of nitriles is 1. The van der Waals surface area contributed by atoms with E-state index in [0.717, 1.165) is 0 Å². The van der Waals surface area contributed by atoms with E-state index in [1.165, 1.54) is 18.7 Å². The van der Waals surface area contributed by atoms with E-state index in [1.807, 2.05) is 6.07 Å². The third kappa shape index (κ3) is 3.00. The smallest absolute Gasteiger partial charge is 0.276 e. The molecule has 0 N–H and O–H groups in total. The summed E-state index contributed by atoms with van der Waals surface area (Å²) in [5, 5.41) is 12.9. The zero-order chi connectivity index (χ0) is 17.9. The lowest BCUT2D eigenvalue weighted by Gasteiger charge is -2.15. The average molecular weight is 351 g/mol. The maximum absolute atomic E-state index is 12.6. The van der Waals surface area contributed by atoms with E-state index >= 15 is 0 Å². The van der Waals surface area contributed by atoms with Gasteiger partial charge in [0.15, 0.2) is 11.5 Å². The van der Waals surface area contributed by atoms with Crippen molar-refractivity contribution in [2.75, 3.05) is 13.1 Å². The van der Waals surface area contributed by atoms with Gasteiger partial charge in [0.05, 0.1) is 12.8 Å². The van der Waals surface area contributed by atoms with Crippen LogP contribution in [0.5, 0.6) is 5.88 Å². The Bertz CT molecular complexity index is 960. The summed E-state index contributed by atoms with van der Waals surface area (Å²) in [5.41, 5.74) is 0.325. The minimum atomic E-state index is -0.265. The van der Waals surface area contributed by atoms with Crippen molar-refractivity contribution in [3.8, 4) is 23.5 Å². The Kier molecular flexibility index (Phi) is 4.07. The van der Waals surface area contributed by atoms with Crippen molar-refractivity contribution in [3.63, 3.8) is 0 Å². The van der Waals surface area contributed by atoms with E-state index in [2.05, 4.69) is 15.1 Å². The van der Waals surface area contributed by atoms with Crippen LogP contribution >= 0.6 is 0 Å². The Balaban J connectivity index is 1.42. The monoisotopic (exact) mass is 351 g/mol. The van der Waals surface area contributed by atoms with Crippen molar-refractivity contribution in [1.29, 1.82) is 5.26 Å². The van der Waals surface area contributed by atoms with Gasteiger partial charge in [-0.15, -0.1) is 0 Å². The molecule has 1 aliphatic heterocycles. The van der Waals surface area contributed by atoms with Crippen molar-refractivity contribution >= 4 is 5.91 Å². The molecule has 1 amide bonds. The van der Waals surface area contributed by atoms with Crippen LogP contribution < -0.4 is 4.74 Å². The fourth-order valence-electron chi connectivity index (χ4n) is 2.73. The maximum Gasteiger partial charge on any atom is 0.276 e. The number of aromatic nitrogens is 3. The molecule has 1 saturated heterocycles. The number of carbonyl (C=O) groups excluding carboxylic acids is 1. The zero-order valence-corrected chi connectivity index (χ0v) is 13.5. The Morgan fingerprint density at radius 3 is 3.04 bits per heavy atom. The SMILES string of the molecule is N#Cc1nccnc1OC1CCN(C(=O)c2cc(-c3ccco3)on2)C1. The van der Waals surface area contributed by atoms with Gasteiger partial charge in [0.2, 0.25) is 11.5 Å². The molecule has 3 aromatic rings. The predicted octanol–water partition coefficient (Wildman–Crippen LogP) is 1.89. The molecule has 0 aromatic carbocycles. The van der Waals surface area contributed by atoms with Crippen LogP contribution in [0.1, 0.15) is 22.6 Å². The highest BCUT2D eigenvalue weighted by Crippen LogP contribution is 2.23. The van der Waals surface area contributed by atoms with Gasteiger partial charge in [-0.3, -0.25) is 4.79 Å². The molecule has 0 spiro atoms. The highest BCUT2D eigenvalue weighted by molar-refractivity contribution is 5.93. The number of hydrogen-bond acceptors (Lipinski definition) is 8. The van der Waals surface area contributed by atoms with Crippen molar-refractivity contribution in [3.05, 3.63) is 48.2 Å². The van der Waals surface area contributed by atoms with Crippen LogP contribution in [0.15, 0.2) is 45.8 Å². The summed E-state index contributed by atoms with van der Waals surface area (Å²) in [6.07, 6.45) is 4.76. The lowest BCUT2D eigenvalue weighted by molar-refractivity contribution is 0.0761. The molecule has 1 atom stereocenters. The van der Waals surface area contributed by atoms with Gasteiger partial charge in [0, 0.05) is 31.4 Å². The Hall–Kier alpha value is -3.67. The quantitative estimate of drug-likeness (QED) is 0.699. The summed E-state index contributed by atoms with van der Waals surface area (Å²) in [7, 11) is 0. The van der Waals surface area contributed by atoms with Gasteiger partial charge >= 0.3 is 0 Å². The first-order valence-electron chi connectivity index (χ1n) is 7.92. The van der Waals surface area contributed by atoms with Crippen molar-refractivity contribution in [1.82, 2.24) is 20.0 Å². The lowest BCUT2D eigenvalue weighted by Crippen LogP contribution is -2.31. The highest BCUT2D eigenvalue weighted by Gasteiger charge is 2.31. The van der Waals surface area contributed by atoms with E-state index < -0.39 is 0 Å². The van der Waals surface area contributed by atoms with Crippen molar-refractivity contribution in [2.45, 2.75) is 12.5 Å². The third-order valence-corrected chi connectivity index (χ3v) is 3.97. The van der Waals surface area contributed by atoms with E-state index in [4.69, 9.17) is 18.9 Å². The predicted molar refractivity (Wildman–Crippen MR) is 85.9 cm³/mol. The molecule has 4 heterocycles. The summed E-state index contributed by atoms with van der Waals surface area (Å²) in [6, 6.07) is 6.93. The number of amides is 1. The molecule has 1 unspecified atom stereocenters. The molecule has 130 valence electrons. The minimum absolute atomic E-state index is 0.122. The van der Waals surface area contributed by atoms with Crippen LogP contribution in [0.4, 0.5) is 0 Å². The average Bonchev–Trinajstić information content (AvgIpc) is 3.42. The van der Waals surface area contributed by atoms with E-state index in [-0.39, 0.29) is 29.3 Å². The summed E-state index contributed by atoms with van der Waals surface area (Å²) in [6.45, 7) is 0.873. The number of nitrogens with zero attached hydrogens (tertiary/aromatic N) is 5. The molecule has 4 rings (SSSR count). The van der Waals surface area contributed by atoms with Crippen molar-refractivity contribution in [2.24, 2.45) is 0 Å². The second kappa shape index (κ2) is 6.68. The number of furan rings is 1. The molecule has 0 aliphatic carbocycles. The van der Waals surface area contributed by atoms with Crippen LogP contribution in [-0.2, 0) is 0 Å². The van der Waals surface area contributed by atoms with Crippen molar-refractivity contribution < 1.29 is 18.5 Å². The molecule has 0 radical (unpaired) electrons. The molecule has 26 heavy (non-hydrogen) atoms. The van der Waals surface area contributed by atoms with Crippen LogP contribution in [-0.4, -0.2) is 45.1 Å². The third-order valence-electron chi connectivity index (χ3n) is 3.97. The first-order valence-corrected chi connectivity index (χ1v) is 7.92. The second-order valence-corrected chi connectivity index (χ2v) is 5.66. The summed E-state index contributed by atoms with van der Waals surface area (Å²) >= 11 is 0. The van der Waals surface area contributed by atoms with Gasteiger partial charge in [-0.25, -0.2) is 9.97 Å². The molecule has 1 aliphatic rings. The second-order valence-electron chi connectivity index (χ2n) is 5.66. The topological polar surface area (TPSA) is 118 Å². The van der Waals surface area contributed by atoms with Crippen LogP contribution in [0.2, 0.25) is 0 Å². The van der Waals surface area contributed by atoms with Gasteiger partial charge in [0.1, 0.15) is 12.2 Å². The Labute approximate surface area is 147 Å². The number of hydrogen-bond donors (Lipinski definition) is 0. The largest absolute Gasteiger partial charge is 0.470 e. The highest BCUT2D eigenvalue weighted by atomic mass is 16.5. The van der Waals surface area contributed by atoms with Crippen LogP contribution in [0.3, 0.4) is 0 Å². The summed E-state index contributed by atoms with van der Waals surface area (Å²) in [5.74, 6) is 0.822. The molecule has 0 bridgehead atoms.